The third kappa shape index (κ3) is 3.16. The molecule has 0 unspecified atom stereocenters. The van der Waals surface area contributed by atoms with E-state index < -0.39 is 5.60 Å². The van der Waals surface area contributed by atoms with Crippen LogP contribution in [0, 0.1) is 13.8 Å². The number of anilines is 1. The Morgan fingerprint density at radius 3 is 2.46 bits per heavy atom. The lowest BCUT2D eigenvalue weighted by Crippen LogP contribution is -2.49. The Morgan fingerprint density at radius 2 is 1.85 bits per heavy atom. The number of amides is 1. The van der Waals surface area contributed by atoms with Gasteiger partial charge in [0.1, 0.15) is 5.60 Å². The van der Waals surface area contributed by atoms with Crippen molar-refractivity contribution in [2.24, 2.45) is 0 Å². The molecule has 0 saturated carbocycles. The van der Waals surface area contributed by atoms with Gasteiger partial charge in [-0.2, -0.15) is 0 Å². The summed E-state index contributed by atoms with van der Waals surface area (Å²) in [5.74, 6) is -0.589. The van der Waals surface area contributed by atoms with Crippen molar-refractivity contribution in [2.45, 2.75) is 59.1 Å². The first-order chi connectivity index (χ1) is 12.2. The van der Waals surface area contributed by atoms with Crippen molar-refractivity contribution in [2.75, 3.05) is 18.4 Å². The Hall–Kier alpha value is -2.14. The van der Waals surface area contributed by atoms with E-state index in [-0.39, 0.29) is 11.9 Å². The number of carbonyl (C=O) groups excluding carboxylic acids is 2. The van der Waals surface area contributed by atoms with Gasteiger partial charge in [0.2, 0.25) is 0 Å². The first-order valence-electron chi connectivity index (χ1n) is 9.31. The lowest BCUT2D eigenvalue weighted by Gasteiger charge is -2.41. The molecule has 26 heavy (non-hydrogen) atoms. The highest BCUT2D eigenvalue weighted by Gasteiger charge is 2.50. The minimum absolute atomic E-state index is 0.222. The largest absolute Gasteiger partial charge is 0.450 e. The number of hydrogen-bond acceptors (Lipinski definition) is 4. The van der Waals surface area contributed by atoms with Crippen LogP contribution in [0.15, 0.2) is 29.3 Å². The predicted octanol–water partition coefficient (Wildman–Crippen LogP) is 3.36. The molecule has 1 amide bonds. The summed E-state index contributed by atoms with van der Waals surface area (Å²) >= 11 is 0. The van der Waals surface area contributed by atoms with Gasteiger partial charge in [0.15, 0.2) is 0 Å². The summed E-state index contributed by atoms with van der Waals surface area (Å²) < 4.78 is 5.76. The molecule has 2 aliphatic rings. The number of rotatable bonds is 3. The van der Waals surface area contributed by atoms with Crippen LogP contribution in [0.3, 0.4) is 0 Å². The summed E-state index contributed by atoms with van der Waals surface area (Å²) in [6, 6.07) is 6.27. The van der Waals surface area contributed by atoms with Crippen LogP contribution in [0.25, 0.3) is 0 Å². The van der Waals surface area contributed by atoms with Gasteiger partial charge in [-0.05, 0) is 51.8 Å². The summed E-state index contributed by atoms with van der Waals surface area (Å²) in [6.45, 7) is 11.7. The molecule has 1 aromatic carbocycles. The van der Waals surface area contributed by atoms with E-state index in [1.54, 1.807) is 6.92 Å². The van der Waals surface area contributed by atoms with Gasteiger partial charge in [0, 0.05) is 43.2 Å². The molecule has 5 nitrogen and oxygen atoms in total. The van der Waals surface area contributed by atoms with E-state index in [0.29, 0.717) is 30.0 Å². The summed E-state index contributed by atoms with van der Waals surface area (Å²) in [5.41, 5.74) is 3.09. The van der Waals surface area contributed by atoms with Gasteiger partial charge in [-0.1, -0.05) is 12.1 Å². The van der Waals surface area contributed by atoms with Gasteiger partial charge < -0.3 is 15.0 Å². The average molecular weight is 356 g/mol. The van der Waals surface area contributed by atoms with Crippen molar-refractivity contribution in [1.82, 2.24) is 4.90 Å². The minimum Gasteiger partial charge on any atom is -0.450 e. The number of likely N-dealkylation sites (tertiary alicyclic amines) is 1. The van der Waals surface area contributed by atoms with E-state index in [1.165, 1.54) is 0 Å². The van der Waals surface area contributed by atoms with Crippen LogP contribution in [0.2, 0.25) is 0 Å². The van der Waals surface area contributed by atoms with Crippen LogP contribution in [-0.2, 0) is 14.3 Å². The van der Waals surface area contributed by atoms with E-state index in [4.69, 9.17) is 4.74 Å². The van der Waals surface area contributed by atoms with Gasteiger partial charge in [0.25, 0.3) is 5.91 Å². The van der Waals surface area contributed by atoms with Crippen LogP contribution >= 0.6 is 0 Å². The third-order valence-corrected chi connectivity index (χ3v) is 5.84. The molecule has 1 aromatic rings. The minimum atomic E-state index is -0.783. The van der Waals surface area contributed by atoms with Crippen molar-refractivity contribution >= 4 is 17.6 Å². The lowest BCUT2D eigenvalue weighted by atomic mass is 9.82. The zero-order valence-electron chi connectivity index (χ0n) is 16.3. The standard InChI is InChI=1S/C21H28N2O3/c1-13(2)23-11-9-21(10-12-23)18(16(5)20(25)26-21)19(24)22-17-8-6-7-14(3)15(17)4/h6-8,13H,9-12H2,1-5H3,(H,22,24). The topological polar surface area (TPSA) is 58.6 Å². The monoisotopic (exact) mass is 356 g/mol. The number of nitrogens with one attached hydrogen (secondary N) is 1. The Kier molecular flexibility index (Phi) is 4.93. The number of esters is 1. The molecule has 140 valence electrons. The normalized spacial score (nSPS) is 20.0. The van der Waals surface area contributed by atoms with Crippen molar-refractivity contribution in [1.29, 1.82) is 0 Å². The molecule has 0 atom stereocenters. The lowest BCUT2D eigenvalue weighted by molar-refractivity contribution is -0.151. The first kappa shape index (κ1) is 18.6. The molecule has 2 aliphatic heterocycles. The molecule has 1 saturated heterocycles. The molecule has 0 aromatic heterocycles. The fourth-order valence-corrected chi connectivity index (χ4v) is 3.95. The zero-order valence-corrected chi connectivity index (χ0v) is 16.3. The number of carbonyl (C=O) groups is 2. The highest BCUT2D eigenvalue weighted by Crippen LogP contribution is 2.41. The van der Waals surface area contributed by atoms with Crippen LogP contribution in [-0.4, -0.2) is 41.5 Å². The molecule has 1 N–H and O–H groups in total. The second-order valence-electron chi connectivity index (χ2n) is 7.72. The molecule has 2 heterocycles. The summed E-state index contributed by atoms with van der Waals surface area (Å²) in [5, 5.41) is 3.01. The molecule has 0 radical (unpaired) electrons. The van der Waals surface area contributed by atoms with Crippen LogP contribution < -0.4 is 5.32 Å². The van der Waals surface area contributed by atoms with Gasteiger partial charge in [0.05, 0.1) is 5.57 Å². The number of piperidine rings is 1. The summed E-state index contributed by atoms with van der Waals surface area (Å²) in [6.07, 6.45) is 1.31. The second-order valence-corrected chi connectivity index (χ2v) is 7.72. The van der Waals surface area contributed by atoms with Crippen molar-refractivity contribution in [3.05, 3.63) is 40.5 Å². The Balaban J connectivity index is 1.87. The van der Waals surface area contributed by atoms with Gasteiger partial charge in [-0.15, -0.1) is 0 Å². The van der Waals surface area contributed by atoms with Crippen LogP contribution in [0.1, 0.15) is 44.7 Å². The summed E-state index contributed by atoms with van der Waals surface area (Å²) in [4.78, 5) is 27.7. The Labute approximate surface area is 155 Å². The predicted molar refractivity (Wildman–Crippen MR) is 102 cm³/mol. The number of hydrogen-bond donors (Lipinski definition) is 1. The third-order valence-electron chi connectivity index (χ3n) is 5.84. The quantitative estimate of drug-likeness (QED) is 0.844. The number of benzene rings is 1. The number of nitrogens with zero attached hydrogens (tertiary/aromatic N) is 1. The highest BCUT2D eigenvalue weighted by molar-refractivity contribution is 6.12. The van der Waals surface area contributed by atoms with Crippen molar-refractivity contribution in [3.63, 3.8) is 0 Å². The Bertz CT molecular complexity index is 771. The molecule has 5 heteroatoms. The maximum atomic E-state index is 13.1. The summed E-state index contributed by atoms with van der Waals surface area (Å²) in [7, 11) is 0. The molecule has 0 aliphatic carbocycles. The van der Waals surface area contributed by atoms with Crippen molar-refractivity contribution < 1.29 is 14.3 Å². The number of ether oxygens (including phenoxy) is 1. The van der Waals surface area contributed by atoms with Gasteiger partial charge in [-0.3, -0.25) is 4.79 Å². The fourth-order valence-electron chi connectivity index (χ4n) is 3.95. The van der Waals surface area contributed by atoms with Crippen LogP contribution in [0.5, 0.6) is 0 Å². The highest BCUT2D eigenvalue weighted by atomic mass is 16.6. The molecular weight excluding hydrogens is 328 g/mol. The van der Waals surface area contributed by atoms with Crippen LogP contribution in [0.4, 0.5) is 5.69 Å². The van der Waals surface area contributed by atoms with E-state index in [1.807, 2.05) is 32.0 Å². The van der Waals surface area contributed by atoms with E-state index in [2.05, 4.69) is 24.1 Å². The van der Waals surface area contributed by atoms with Gasteiger partial charge >= 0.3 is 5.97 Å². The molecule has 1 spiro atoms. The zero-order chi connectivity index (χ0) is 19.1. The van der Waals surface area contributed by atoms with Gasteiger partial charge in [-0.25, -0.2) is 4.79 Å². The SMILES string of the molecule is CC1=C(C(=O)Nc2cccc(C)c2C)C2(CCN(C(C)C)CC2)OC1=O. The maximum absolute atomic E-state index is 13.1. The molecule has 0 bridgehead atoms. The molecule has 3 rings (SSSR count). The first-order valence-corrected chi connectivity index (χ1v) is 9.31. The number of aryl methyl sites for hydroxylation is 1. The fraction of sp³-hybridized carbons (Fsp3) is 0.524. The molecular formula is C21H28N2O3. The molecule has 1 fully saturated rings. The second kappa shape index (κ2) is 6.88. The maximum Gasteiger partial charge on any atom is 0.335 e. The van der Waals surface area contributed by atoms with Crippen molar-refractivity contribution in [3.8, 4) is 0 Å². The Morgan fingerprint density at radius 1 is 1.19 bits per heavy atom. The van der Waals surface area contributed by atoms with E-state index in [9.17, 15) is 9.59 Å². The average Bonchev–Trinajstić information content (AvgIpc) is 2.82. The smallest absolute Gasteiger partial charge is 0.335 e. The van der Waals surface area contributed by atoms with E-state index in [0.717, 1.165) is 29.9 Å². The van der Waals surface area contributed by atoms with E-state index >= 15 is 0 Å².